The van der Waals surface area contributed by atoms with Crippen molar-refractivity contribution in [2.24, 2.45) is 11.8 Å². The SMILES string of the molecule is CCC(C)C(C#CI(OS(=O)(=O)C(F)(F)F)c1ccccc1)CCNS(=O)(=O)c1ccc(C)cc1. The molecular weight excluding hydrogens is 618 g/mol. The van der Waals surface area contributed by atoms with Gasteiger partial charge in [0.1, 0.15) is 0 Å². The minimum absolute atomic E-state index is 0.0147. The molecule has 0 heterocycles. The van der Waals surface area contributed by atoms with Crippen molar-refractivity contribution in [2.75, 3.05) is 6.54 Å². The zero-order chi connectivity index (χ0) is 26.3. The van der Waals surface area contributed by atoms with Crippen molar-refractivity contribution < 1.29 is 32.5 Å². The molecular formula is C23H27F3INO5S2. The maximum absolute atomic E-state index is 12.9. The van der Waals surface area contributed by atoms with Crippen LogP contribution < -0.4 is 4.72 Å². The number of benzene rings is 2. The fourth-order valence-electron chi connectivity index (χ4n) is 2.81. The first-order chi connectivity index (χ1) is 16.3. The van der Waals surface area contributed by atoms with Crippen molar-refractivity contribution in [1.29, 1.82) is 0 Å². The molecule has 35 heavy (non-hydrogen) atoms. The van der Waals surface area contributed by atoms with Crippen LogP contribution in [0.4, 0.5) is 13.2 Å². The van der Waals surface area contributed by atoms with E-state index < -0.39 is 45.9 Å². The van der Waals surface area contributed by atoms with Crippen molar-refractivity contribution in [2.45, 2.75) is 44.0 Å². The van der Waals surface area contributed by atoms with Crippen molar-refractivity contribution in [3.8, 4) is 9.85 Å². The summed E-state index contributed by atoms with van der Waals surface area (Å²) >= 11 is -3.57. The number of hydrogen-bond donors (Lipinski definition) is 1. The van der Waals surface area contributed by atoms with E-state index in [1.54, 1.807) is 30.3 Å². The summed E-state index contributed by atoms with van der Waals surface area (Å²) in [5, 5.41) is 0. The van der Waals surface area contributed by atoms with Gasteiger partial charge >= 0.3 is 214 Å². The molecule has 2 atom stereocenters. The van der Waals surface area contributed by atoms with Gasteiger partial charge in [-0.3, -0.25) is 0 Å². The summed E-state index contributed by atoms with van der Waals surface area (Å²) in [7, 11) is -9.55. The molecule has 12 heteroatoms. The number of sulfonamides is 1. The van der Waals surface area contributed by atoms with Crippen LogP contribution in [-0.2, 0) is 22.7 Å². The fraction of sp³-hybridized carbons (Fsp3) is 0.391. The Kier molecular flexibility index (Phi) is 10.6. The number of nitrogens with one attached hydrogen (secondary N) is 1. The summed E-state index contributed by atoms with van der Waals surface area (Å²) in [6.07, 6.45) is 0.975. The second kappa shape index (κ2) is 12.5. The van der Waals surface area contributed by atoms with Gasteiger partial charge in [-0.25, -0.2) is 0 Å². The van der Waals surface area contributed by atoms with Crippen molar-refractivity contribution in [3.05, 3.63) is 63.7 Å². The molecule has 2 aromatic carbocycles. The second-order valence-electron chi connectivity index (χ2n) is 7.74. The number of alkyl halides is 3. The summed E-state index contributed by atoms with van der Waals surface area (Å²) in [6.45, 7) is 5.70. The van der Waals surface area contributed by atoms with Crippen LogP contribution in [0, 0.1) is 32.2 Å². The topological polar surface area (TPSA) is 89.5 Å². The first-order valence-corrected chi connectivity index (χ1v) is 16.5. The number of hydrogen-bond acceptors (Lipinski definition) is 5. The zero-order valence-corrected chi connectivity index (χ0v) is 23.1. The van der Waals surface area contributed by atoms with E-state index in [2.05, 4.69) is 17.1 Å². The minimum atomic E-state index is -5.81. The Labute approximate surface area is 212 Å². The molecule has 2 aromatic rings. The normalized spacial score (nSPS) is 14.5. The van der Waals surface area contributed by atoms with Gasteiger partial charge in [-0.2, -0.15) is 0 Å². The van der Waals surface area contributed by atoms with Gasteiger partial charge in [0, 0.05) is 0 Å². The Morgan fingerprint density at radius 3 is 2.17 bits per heavy atom. The molecule has 0 saturated carbocycles. The van der Waals surface area contributed by atoms with E-state index in [1.807, 2.05) is 20.8 Å². The molecule has 0 saturated heterocycles. The Hall–Kier alpha value is -1.66. The molecule has 0 radical (unpaired) electrons. The fourth-order valence-corrected chi connectivity index (χ4v) is 9.18. The van der Waals surface area contributed by atoms with Crippen LogP contribution in [0.5, 0.6) is 0 Å². The Morgan fingerprint density at radius 1 is 1.03 bits per heavy atom. The molecule has 6 nitrogen and oxygen atoms in total. The summed E-state index contributed by atoms with van der Waals surface area (Å²) in [4.78, 5) is 0.123. The average Bonchev–Trinajstić information content (AvgIpc) is 2.79. The van der Waals surface area contributed by atoms with Crippen molar-refractivity contribution in [1.82, 2.24) is 4.72 Å². The van der Waals surface area contributed by atoms with Crippen molar-refractivity contribution >= 4 is 40.4 Å². The van der Waals surface area contributed by atoms with Gasteiger partial charge in [-0.15, -0.1) is 0 Å². The number of aryl methyl sites for hydroxylation is 1. The predicted molar refractivity (Wildman–Crippen MR) is 137 cm³/mol. The Bertz CT molecular complexity index is 1240. The van der Waals surface area contributed by atoms with E-state index >= 15 is 0 Å². The van der Waals surface area contributed by atoms with E-state index in [0.717, 1.165) is 5.56 Å². The maximum atomic E-state index is 12.9. The molecule has 0 aliphatic heterocycles. The Morgan fingerprint density at radius 2 is 1.63 bits per heavy atom. The van der Waals surface area contributed by atoms with Gasteiger partial charge in [-0.05, 0) is 0 Å². The first kappa shape index (κ1) is 29.6. The molecule has 1 N–H and O–H groups in total. The Balaban J connectivity index is 2.24. The predicted octanol–water partition coefficient (Wildman–Crippen LogP) is 5.44. The molecule has 0 fully saturated rings. The van der Waals surface area contributed by atoms with E-state index in [1.165, 1.54) is 24.3 Å². The average molecular weight is 646 g/mol. The summed E-state index contributed by atoms with van der Waals surface area (Å²) in [5.41, 5.74) is -4.63. The molecule has 0 aromatic heterocycles. The monoisotopic (exact) mass is 645 g/mol. The molecule has 2 rings (SSSR count). The van der Waals surface area contributed by atoms with Gasteiger partial charge in [0.05, 0.1) is 0 Å². The van der Waals surface area contributed by atoms with Crippen LogP contribution in [0.25, 0.3) is 0 Å². The molecule has 0 aliphatic carbocycles. The first-order valence-electron chi connectivity index (χ1n) is 10.6. The van der Waals surface area contributed by atoms with Crippen LogP contribution in [-0.4, -0.2) is 28.9 Å². The standard InChI is InChI=1S/C23H27F3INO5S2/c1-4-19(3)20(15-17-28-34(29,30)22-12-10-18(2)11-13-22)14-16-27(21-8-6-5-7-9-21)33-35(31,32)23(24,25)26/h5-13,19-20,28H,4,15,17H2,1-3H3. The second-order valence-corrected chi connectivity index (χ2v) is 15.3. The van der Waals surface area contributed by atoms with E-state index in [-0.39, 0.29) is 29.7 Å². The molecule has 194 valence electrons. The van der Waals surface area contributed by atoms with Gasteiger partial charge in [-0.1, -0.05) is 0 Å². The van der Waals surface area contributed by atoms with Crippen LogP contribution in [0.1, 0.15) is 32.3 Å². The molecule has 0 amide bonds. The van der Waals surface area contributed by atoms with Gasteiger partial charge in [0.25, 0.3) is 0 Å². The summed E-state index contributed by atoms with van der Waals surface area (Å²) in [5.74, 6) is 2.50. The molecule has 0 bridgehead atoms. The number of halogens is 4. The van der Waals surface area contributed by atoms with E-state index in [4.69, 9.17) is 0 Å². The van der Waals surface area contributed by atoms with Gasteiger partial charge in [0.15, 0.2) is 0 Å². The van der Waals surface area contributed by atoms with Crippen molar-refractivity contribution in [3.63, 3.8) is 0 Å². The van der Waals surface area contributed by atoms with E-state index in [9.17, 15) is 30.0 Å². The third-order valence-corrected chi connectivity index (χ3v) is 12.6. The van der Waals surface area contributed by atoms with Gasteiger partial charge in [0.2, 0.25) is 0 Å². The van der Waals surface area contributed by atoms with Crippen LogP contribution in [0.3, 0.4) is 0 Å². The van der Waals surface area contributed by atoms with Crippen LogP contribution in [0.2, 0.25) is 0 Å². The summed E-state index contributed by atoms with van der Waals surface area (Å²) in [6, 6.07) is 14.1. The number of rotatable bonds is 10. The van der Waals surface area contributed by atoms with Gasteiger partial charge < -0.3 is 0 Å². The van der Waals surface area contributed by atoms with E-state index in [0.29, 0.717) is 9.99 Å². The third kappa shape index (κ3) is 8.75. The van der Waals surface area contributed by atoms with Crippen LogP contribution in [0.15, 0.2) is 59.5 Å². The summed E-state index contributed by atoms with van der Waals surface area (Å²) < 4.78 is 97.3. The molecule has 0 aliphatic rings. The molecule has 0 spiro atoms. The quantitative estimate of drug-likeness (QED) is 0.211. The van der Waals surface area contributed by atoms with Crippen LogP contribution >= 0.6 is 20.2 Å². The molecule has 2 unspecified atom stereocenters. The zero-order valence-electron chi connectivity index (χ0n) is 19.3. The third-order valence-electron chi connectivity index (χ3n) is 5.10.